The number of rotatable bonds is 5. The number of amides is 3. The van der Waals surface area contributed by atoms with Gasteiger partial charge in [0.2, 0.25) is 0 Å². The van der Waals surface area contributed by atoms with Crippen molar-refractivity contribution in [1.82, 2.24) is 14.8 Å². The van der Waals surface area contributed by atoms with Gasteiger partial charge in [-0.15, -0.1) is 11.3 Å². The second-order valence-corrected chi connectivity index (χ2v) is 8.39. The molecule has 3 heterocycles. The molecule has 31 heavy (non-hydrogen) atoms. The number of thiazole rings is 1. The van der Waals surface area contributed by atoms with Crippen molar-refractivity contribution in [2.24, 2.45) is 0 Å². The van der Waals surface area contributed by atoms with Crippen LogP contribution in [0.25, 0.3) is 10.2 Å². The second kappa shape index (κ2) is 7.48. The lowest BCUT2D eigenvalue weighted by molar-refractivity contribution is 0.0631. The van der Waals surface area contributed by atoms with Crippen molar-refractivity contribution in [1.29, 1.82) is 0 Å². The molecule has 0 spiro atoms. The molecule has 1 aliphatic heterocycles. The van der Waals surface area contributed by atoms with Gasteiger partial charge in [-0.3, -0.25) is 19.3 Å². The Balaban J connectivity index is 1.36. The largest absolute Gasteiger partial charge is 0.467 e. The van der Waals surface area contributed by atoms with Gasteiger partial charge in [-0.05, 0) is 42.5 Å². The number of furan rings is 1. The monoisotopic (exact) mass is 431 g/mol. The van der Waals surface area contributed by atoms with E-state index in [0.717, 1.165) is 20.1 Å². The zero-order chi connectivity index (χ0) is 21.5. The fourth-order valence-electron chi connectivity index (χ4n) is 3.61. The van der Waals surface area contributed by atoms with Crippen LogP contribution in [0.2, 0.25) is 0 Å². The highest BCUT2D eigenvalue weighted by Crippen LogP contribution is 2.27. The maximum atomic E-state index is 13.0. The average Bonchev–Trinajstić information content (AvgIpc) is 3.49. The SMILES string of the molecule is CN(Cc1nc2ccccc2s1)C(=O)c1ccc2c(c1)C(=O)N(Cc1ccco1)C2=O. The normalized spacial score (nSPS) is 13.1. The summed E-state index contributed by atoms with van der Waals surface area (Å²) in [4.78, 5) is 45.7. The Morgan fingerprint density at radius 2 is 1.87 bits per heavy atom. The standard InChI is InChI=1S/C23H17N3O4S/c1-25(13-20-24-18-6-2-3-7-19(18)31-20)21(27)14-8-9-16-17(11-14)23(29)26(22(16)28)12-15-5-4-10-30-15/h2-11H,12-13H2,1H3. The summed E-state index contributed by atoms with van der Waals surface area (Å²) in [6.07, 6.45) is 1.49. The van der Waals surface area contributed by atoms with Crippen LogP contribution in [0, 0.1) is 0 Å². The zero-order valence-corrected chi connectivity index (χ0v) is 17.4. The summed E-state index contributed by atoms with van der Waals surface area (Å²) >= 11 is 1.54. The molecule has 1 aliphatic rings. The Morgan fingerprint density at radius 1 is 1.06 bits per heavy atom. The summed E-state index contributed by atoms with van der Waals surface area (Å²) < 4.78 is 6.32. The van der Waals surface area contributed by atoms with Crippen LogP contribution >= 0.6 is 11.3 Å². The molecule has 0 saturated carbocycles. The van der Waals surface area contributed by atoms with Gasteiger partial charge in [0.1, 0.15) is 10.8 Å². The van der Waals surface area contributed by atoms with Gasteiger partial charge in [-0.2, -0.15) is 0 Å². The Labute approximate surface area is 181 Å². The summed E-state index contributed by atoms with van der Waals surface area (Å²) in [7, 11) is 1.69. The first kappa shape index (κ1) is 19.2. The van der Waals surface area contributed by atoms with Crippen molar-refractivity contribution < 1.29 is 18.8 Å². The third-order valence-electron chi connectivity index (χ3n) is 5.17. The third kappa shape index (κ3) is 3.40. The van der Waals surface area contributed by atoms with E-state index in [2.05, 4.69) is 4.98 Å². The van der Waals surface area contributed by atoms with Crippen LogP contribution in [0.4, 0.5) is 0 Å². The highest BCUT2D eigenvalue weighted by molar-refractivity contribution is 7.18. The van der Waals surface area contributed by atoms with Gasteiger partial charge in [0.25, 0.3) is 17.7 Å². The minimum absolute atomic E-state index is 0.0557. The molecule has 3 amide bonds. The molecule has 8 heteroatoms. The van der Waals surface area contributed by atoms with Crippen LogP contribution in [0.5, 0.6) is 0 Å². The maximum Gasteiger partial charge on any atom is 0.261 e. The average molecular weight is 431 g/mol. The topological polar surface area (TPSA) is 83.7 Å². The Bertz CT molecular complexity index is 1290. The van der Waals surface area contributed by atoms with Gasteiger partial charge in [0.15, 0.2) is 0 Å². The van der Waals surface area contributed by atoms with E-state index in [1.54, 1.807) is 41.5 Å². The molecule has 5 rings (SSSR count). The van der Waals surface area contributed by atoms with Crippen molar-refractivity contribution in [3.05, 3.63) is 88.3 Å². The molecule has 0 radical (unpaired) electrons. The van der Waals surface area contributed by atoms with E-state index < -0.39 is 11.8 Å². The van der Waals surface area contributed by atoms with Gasteiger partial charge in [-0.25, -0.2) is 4.98 Å². The maximum absolute atomic E-state index is 13.0. The molecule has 0 unspecified atom stereocenters. The van der Waals surface area contributed by atoms with Gasteiger partial charge < -0.3 is 9.32 Å². The van der Waals surface area contributed by atoms with Gasteiger partial charge in [-0.1, -0.05) is 12.1 Å². The van der Waals surface area contributed by atoms with E-state index in [1.165, 1.54) is 18.4 Å². The molecule has 0 N–H and O–H groups in total. The van der Waals surface area contributed by atoms with E-state index in [-0.39, 0.29) is 18.0 Å². The number of hydrogen-bond donors (Lipinski definition) is 0. The third-order valence-corrected chi connectivity index (χ3v) is 6.19. The summed E-state index contributed by atoms with van der Waals surface area (Å²) in [5.41, 5.74) is 1.78. The van der Waals surface area contributed by atoms with Crippen molar-refractivity contribution in [3.8, 4) is 0 Å². The molecule has 2 aromatic heterocycles. The predicted molar refractivity (Wildman–Crippen MR) is 115 cm³/mol. The van der Waals surface area contributed by atoms with Crippen molar-refractivity contribution >= 4 is 39.3 Å². The fourth-order valence-corrected chi connectivity index (χ4v) is 4.63. The van der Waals surface area contributed by atoms with Gasteiger partial charge in [0, 0.05) is 12.6 Å². The minimum atomic E-state index is -0.431. The van der Waals surface area contributed by atoms with Crippen molar-refractivity contribution in [2.75, 3.05) is 7.05 Å². The molecule has 154 valence electrons. The summed E-state index contributed by atoms with van der Waals surface area (Å²) in [6, 6.07) is 15.8. The van der Waals surface area contributed by atoms with Crippen LogP contribution in [0.3, 0.4) is 0 Å². The fraction of sp³-hybridized carbons (Fsp3) is 0.130. The Morgan fingerprint density at radius 3 is 2.65 bits per heavy atom. The lowest BCUT2D eigenvalue weighted by Gasteiger charge is -2.16. The van der Waals surface area contributed by atoms with E-state index in [1.807, 2.05) is 24.3 Å². The number of nitrogens with zero attached hydrogens (tertiary/aromatic N) is 3. The number of fused-ring (bicyclic) bond motifs is 2. The second-order valence-electron chi connectivity index (χ2n) is 7.27. The minimum Gasteiger partial charge on any atom is -0.467 e. The molecular weight excluding hydrogens is 414 g/mol. The van der Waals surface area contributed by atoms with Crippen molar-refractivity contribution in [2.45, 2.75) is 13.1 Å². The number of benzene rings is 2. The van der Waals surface area contributed by atoms with Crippen LogP contribution in [-0.2, 0) is 13.1 Å². The highest BCUT2D eigenvalue weighted by Gasteiger charge is 2.36. The lowest BCUT2D eigenvalue weighted by atomic mass is 10.0. The van der Waals surface area contributed by atoms with E-state index in [9.17, 15) is 14.4 Å². The van der Waals surface area contributed by atoms with Crippen molar-refractivity contribution in [3.63, 3.8) is 0 Å². The molecule has 0 fully saturated rings. The van der Waals surface area contributed by atoms with E-state index in [4.69, 9.17) is 4.42 Å². The van der Waals surface area contributed by atoms with Crippen LogP contribution in [0.15, 0.2) is 65.3 Å². The zero-order valence-electron chi connectivity index (χ0n) is 16.6. The van der Waals surface area contributed by atoms with Gasteiger partial charge in [0.05, 0.1) is 40.7 Å². The summed E-state index contributed by atoms with van der Waals surface area (Å²) in [6.45, 7) is 0.410. The Hall–Kier alpha value is -3.78. The molecule has 0 saturated heterocycles. The molecule has 4 aromatic rings. The predicted octanol–water partition coefficient (Wildman–Crippen LogP) is 3.96. The van der Waals surface area contributed by atoms with E-state index >= 15 is 0 Å². The first-order valence-electron chi connectivity index (χ1n) is 9.64. The quantitative estimate of drug-likeness (QED) is 0.447. The van der Waals surface area contributed by atoms with Crippen LogP contribution < -0.4 is 0 Å². The molecule has 0 aliphatic carbocycles. The number of aromatic nitrogens is 1. The molecule has 2 aromatic carbocycles. The number of imide groups is 1. The number of carbonyl (C=O) groups is 3. The molecule has 0 atom stereocenters. The van der Waals surface area contributed by atoms with Crippen LogP contribution in [0.1, 0.15) is 41.8 Å². The lowest BCUT2D eigenvalue weighted by Crippen LogP contribution is -2.29. The van der Waals surface area contributed by atoms with E-state index in [0.29, 0.717) is 23.4 Å². The van der Waals surface area contributed by atoms with Gasteiger partial charge >= 0.3 is 0 Å². The Kier molecular flexibility index (Phi) is 4.63. The summed E-state index contributed by atoms with van der Waals surface area (Å²) in [5, 5.41) is 0.828. The first-order valence-corrected chi connectivity index (χ1v) is 10.5. The first-order chi connectivity index (χ1) is 15.0. The number of hydrogen-bond acceptors (Lipinski definition) is 6. The number of para-hydroxylation sites is 1. The molecule has 0 bridgehead atoms. The smallest absolute Gasteiger partial charge is 0.261 e. The number of carbonyl (C=O) groups excluding carboxylic acids is 3. The van der Waals surface area contributed by atoms with Crippen LogP contribution in [-0.4, -0.2) is 39.6 Å². The highest BCUT2D eigenvalue weighted by atomic mass is 32.1. The molecule has 7 nitrogen and oxygen atoms in total. The summed E-state index contributed by atoms with van der Waals surface area (Å²) in [5.74, 6) is -0.550. The molecular formula is C23H17N3O4S.